The van der Waals surface area contributed by atoms with Crippen LogP contribution in [0.15, 0.2) is 36.1 Å². The molecule has 0 aliphatic heterocycles. The van der Waals surface area contributed by atoms with Crippen molar-refractivity contribution in [2.24, 2.45) is 5.73 Å². The van der Waals surface area contributed by atoms with Gasteiger partial charge < -0.3 is 15.6 Å². The number of allylic oxidation sites excluding steroid dienone is 2. The second kappa shape index (κ2) is 9.15. The number of aliphatic hydroxyl groups is 1. The Labute approximate surface area is 120 Å². The lowest BCUT2D eigenvalue weighted by Crippen LogP contribution is -2.06. The number of unbranched alkanes of at least 4 members (excludes halogenated alkanes) is 1. The van der Waals surface area contributed by atoms with Gasteiger partial charge in [-0.3, -0.25) is 4.79 Å². The average molecular weight is 277 g/mol. The van der Waals surface area contributed by atoms with Gasteiger partial charge in [-0.05, 0) is 43.7 Å². The summed E-state index contributed by atoms with van der Waals surface area (Å²) in [4.78, 5) is 11.9. The highest BCUT2D eigenvalue weighted by atomic mass is 16.5. The second-order valence-corrected chi connectivity index (χ2v) is 4.62. The summed E-state index contributed by atoms with van der Waals surface area (Å²) in [6, 6.07) is 6.90. The van der Waals surface area contributed by atoms with Crippen molar-refractivity contribution < 1.29 is 14.6 Å². The van der Waals surface area contributed by atoms with Gasteiger partial charge in [0.1, 0.15) is 5.75 Å². The van der Waals surface area contributed by atoms with E-state index in [9.17, 15) is 9.90 Å². The van der Waals surface area contributed by atoms with Crippen molar-refractivity contribution in [1.82, 2.24) is 0 Å². The molecule has 110 valence electrons. The maximum absolute atomic E-state index is 11.9. The van der Waals surface area contributed by atoms with Gasteiger partial charge in [-0.25, -0.2) is 0 Å². The van der Waals surface area contributed by atoms with Gasteiger partial charge in [0, 0.05) is 18.1 Å². The molecule has 0 heterocycles. The third kappa shape index (κ3) is 5.89. The molecule has 0 unspecified atom stereocenters. The molecule has 0 amide bonds. The van der Waals surface area contributed by atoms with E-state index >= 15 is 0 Å². The van der Waals surface area contributed by atoms with Crippen molar-refractivity contribution in [3.05, 3.63) is 41.7 Å². The van der Waals surface area contributed by atoms with Crippen LogP contribution in [0.4, 0.5) is 0 Å². The molecule has 0 atom stereocenters. The summed E-state index contributed by atoms with van der Waals surface area (Å²) in [6.07, 6.45) is 4.50. The summed E-state index contributed by atoms with van der Waals surface area (Å²) in [7, 11) is 0. The minimum atomic E-state index is -0.188. The Bertz CT molecular complexity index is 438. The van der Waals surface area contributed by atoms with Gasteiger partial charge in [-0.15, -0.1) is 0 Å². The summed E-state index contributed by atoms with van der Waals surface area (Å²) in [6.45, 7) is 3.21. The van der Waals surface area contributed by atoms with Crippen molar-refractivity contribution in [3.8, 4) is 5.75 Å². The molecule has 4 heteroatoms. The van der Waals surface area contributed by atoms with E-state index in [4.69, 9.17) is 10.5 Å². The summed E-state index contributed by atoms with van der Waals surface area (Å²) in [5, 5.41) is 9.61. The Morgan fingerprint density at radius 2 is 2.00 bits per heavy atom. The number of hydrogen-bond donors (Lipinski definition) is 2. The Morgan fingerprint density at radius 3 is 2.60 bits per heavy atom. The molecule has 0 spiro atoms. The number of ketones is 1. The second-order valence-electron chi connectivity index (χ2n) is 4.62. The molecule has 3 N–H and O–H groups in total. The van der Waals surface area contributed by atoms with Crippen molar-refractivity contribution in [1.29, 1.82) is 0 Å². The predicted octanol–water partition coefficient (Wildman–Crippen LogP) is 3.23. The van der Waals surface area contributed by atoms with Crippen LogP contribution >= 0.6 is 0 Å². The first kappa shape index (κ1) is 16.2. The molecule has 0 fully saturated rings. The summed E-state index contributed by atoms with van der Waals surface area (Å²) in [5.41, 5.74) is 5.92. The molecule has 1 rings (SSSR count). The first-order valence-corrected chi connectivity index (χ1v) is 7.04. The van der Waals surface area contributed by atoms with E-state index in [0.717, 1.165) is 19.3 Å². The number of aliphatic hydroxyl groups excluding tert-OH is 1. The van der Waals surface area contributed by atoms with Gasteiger partial charge in [-0.1, -0.05) is 13.3 Å². The van der Waals surface area contributed by atoms with E-state index in [1.54, 1.807) is 24.3 Å². The van der Waals surface area contributed by atoms with Crippen LogP contribution in [0.3, 0.4) is 0 Å². The number of rotatable bonds is 9. The van der Waals surface area contributed by atoms with Gasteiger partial charge in [0.2, 0.25) is 0 Å². The van der Waals surface area contributed by atoms with Crippen LogP contribution in [0, 0.1) is 0 Å². The van der Waals surface area contributed by atoms with E-state index in [0.29, 0.717) is 30.9 Å². The zero-order chi connectivity index (χ0) is 14.8. The zero-order valence-electron chi connectivity index (χ0n) is 12.0. The fourth-order valence-electron chi connectivity index (χ4n) is 1.65. The lowest BCUT2D eigenvalue weighted by atomic mass is 10.1. The van der Waals surface area contributed by atoms with Gasteiger partial charge >= 0.3 is 0 Å². The molecular weight excluding hydrogens is 254 g/mol. The number of ether oxygens (including phenoxy) is 1. The van der Waals surface area contributed by atoms with Crippen LogP contribution < -0.4 is 10.5 Å². The average Bonchev–Trinajstić information content (AvgIpc) is 2.46. The summed E-state index contributed by atoms with van der Waals surface area (Å²) < 4.78 is 5.46. The Kier molecular flexibility index (Phi) is 7.43. The van der Waals surface area contributed by atoms with E-state index in [1.165, 1.54) is 6.08 Å². The van der Waals surface area contributed by atoms with Crippen molar-refractivity contribution in [3.63, 3.8) is 0 Å². The number of hydrogen-bond acceptors (Lipinski definition) is 4. The number of benzene rings is 1. The van der Waals surface area contributed by atoms with E-state index in [-0.39, 0.29) is 11.5 Å². The lowest BCUT2D eigenvalue weighted by molar-refractivity contribution is 0.104. The highest BCUT2D eigenvalue weighted by molar-refractivity contribution is 6.04. The zero-order valence-corrected chi connectivity index (χ0v) is 12.0. The normalized spacial score (nSPS) is 11.4. The molecule has 20 heavy (non-hydrogen) atoms. The van der Waals surface area contributed by atoms with Gasteiger partial charge in [0.25, 0.3) is 0 Å². The van der Waals surface area contributed by atoms with Crippen molar-refractivity contribution >= 4 is 5.78 Å². The summed E-state index contributed by atoms with van der Waals surface area (Å²) in [5.74, 6) is 0.668. The molecule has 0 radical (unpaired) electrons. The highest BCUT2D eigenvalue weighted by Gasteiger charge is 2.05. The topological polar surface area (TPSA) is 72.5 Å². The molecule has 1 aromatic rings. The lowest BCUT2D eigenvalue weighted by Gasteiger charge is -2.05. The smallest absolute Gasteiger partial charge is 0.189 e. The van der Waals surface area contributed by atoms with Crippen LogP contribution in [0.1, 0.15) is 43.0 Å². The number of carbonyl (C=O) groups is 1. The Morgan fingerprint density at radius 1 is 1.30 bits per heavy atom. The van der Waals surface area contributed by atoms with Crippen LogP contribution in [-0.2, 0) is 0 Å². The molecule has 0 saturated carbocycles. The molecule has 0 aliphatic carbocycles. The van der Waals surface area contributed by atoms with Gasteiger partial charge in [0.15, 0.2) is 5.78 Å². The minimum Gasteiger partial charge on any atom is -0.512 e. The van der Waals surface area contributed by atoms with E-state index in [2.05, 4.69) is 0 Å². The fourth-order valence-corrected chi connectivity index (χ4v) is 1.65. The van der Waals surface area contributed by atoms with E-state index < -0.39 is 0 Å². The minimum absolute atomic E-state index is 0.139. The van der Waals surface area contributed by atoms with Crippen molar-refractivity contribution in [2.45, 2.75) is 32.6 Å². The molecule has 0 aromatic heterocycles. The highest BCUT2D eigenvalue weighted by Crippen LogP contribution is 2.14. The van der Waals surface area contributed by atoms with Crippen LogP contribution in [0.25, 0.3) is 0 Å². The first-order chi connectivity index (χ1) is 9.67. The molecule has 0 bridgehead atoms. The molecule has 0 aliphatic rings. The van der Waals surface area contributed by atoms with Crippen molar-refractivity contribution in [2.75, 3.05) is 13.2 Å². The predicted molar refractivity (Wildman–Crippen MR) is 80.2 cm³/mol. The molecular formula is C16H23NO3. The maximum atomic E-state index is 11.9. The standard InChI is InChI=1S/C16H23NO3/c1-2-3-5-14(18)12-16(19)13-6-8-15(9-7-13)20-11-4-10-17/h6-9,12,18H,2-5,10-11,17H2,1H3/b14-12+. The molecule has 0 saturated heterocycles. The first-order valence-electron chi connectivity index (χ1n) is 7.04. The largest absolute Gasteiger partial charge is 0.512 e. The SMILES string of the molecule is CCCC/C(O)=C\C(=O)c1ccc(OCCCN)cc1. The molecule has 4 nitrogen and oxygen atoms in total. The van der Waals surface area contributed by atoms with Crippen LogP contribution in [-0.4, -0.2) is 24.0 Å². The molecule has 1 aromatic carbocycles. The number of nitrogens with two attached hydrogens (primary N) is 1. The monoisotopic (exact) mass is 277 g/mol. The Hall–Kier alpha value is -1.81. The quantitative estimate of drug-likeness (QED) is 0.314. The third-order valence-corrected chi connectivity index (χ3v) is 2.84. The van der Waals surface area contributed by atoms with Crippen LogP contribution in [0.2, 0.25) is 0 Å². The third-order valence-electron chi connectivity index (χ3n) is 2.84. The van der Waals surface area contributed by atoms with E-state index in [1.807, 2.05) is 6.92 Å². The summed E-state index contributed by atoms with van der Waals surface area (Å²) >= 11 is 0. The maximum Gasteiger partial charge on any atom is 0.189 e. The van der Waals surface area contributed by atoms with Gasteiger partial charge in [0.05, 0.1) is 12.4 Å². The fraction of sp³-hybridized carbons (Fsp3) is 0.438. The van der Waals surface area contributed by atoms with Gasteiger partial charge in [-0.2, -0.15) is 0 Å². The number of carbonyl (C=O) groups excluding carboxylic acids is 1. The van der Waals surface area contributed by atoms with Crippen LogP contribution in [0.5, 0.6) is 5.75 Å². The Balaban J connectivity index is 2.56.